The minimum Gasteiger partial charge on any atom is -0.356 e. The molecule has 2 N–H and O–H groups in total. The first-order chi connectivity index (χ1) is 8.70. The van der Waals surface area contributed by atoms with E-state index in [1.807, 2.05) is 6.92 Å². The normalized spacial score (nSPS) is 10.1. The first-order valence-electron chi connectivity index (χ1n) is 6.80. The molecule has 2 amide bonds. The van der Waals surface area contributed by atoms with Crippen molar-refractivity contribution < 1.29 is 9.59 Å². The first-order valence-corrected chi connectivity index (χ1v) is 8.32. The average molecular weight is 368 g/mol. The number of carbonyl (C=O) groups is 2. The van der Waals surface area contributed by atoms with Crippen LogP contribution in [0.15, 0.2) is 0 Å². The highest BCUT2D eigenvalue weighted by Crippen LogP contribution is 2.01. The van der Waals surface area contributed by atoms with Gasteiger partial charge < -0.3 is 10.6 Å². The molecule has 0 aromatic carbocycles. The van der Waals surface area contributed by atoms with Crippen molar-refractivity contribution in [3.8, 4) is 0 Å². The third kappa shape index (κ3) is 12.1. The van der Waals surface area contributed by atoms with Crippen molar-refractivity contribution in [2.75, 3.05) is 17.5 Å². The van der Waals surface area contributed by atoms with Crippen LogP contribution >= 0.6 is 22.6 Å². The Morgan fingerprint density at radius 1 is 0.889 bits per heavy atom. The van der Waals surface area contributed by atoms with Crippen molar-refractivity contribution >= 4 is 34.4 Å². The summed E-state index contributed by atoms with van der Waals surface area (Å²) in [5.74, 6) is 0.0600. The van der Waals surface area contributed by atoms with E-state index >= 15 is 0 Å². The highest BCUT2D eigenvalue weighted by Gasteiger charge is 2.02. The second-order valence-corrected chi connectivity index (χ2v) is 5.38. The van der Waals surface area contributed by atoms with Gasteiger partial charge in [-0.1, -0.05) is 42.4 Å². The zero-order valence-electron chi connectivity index (χ0n) is 11.3. The largest absolute Gasteiger partial charge is 0.356 e. The highest BCUT2D eigenvalue weighted by atomic mass is 127. The van der Waals surface area contributed by atoms with Gasteiger partial charge in [0, 0.05) is 25.9 Å². The van der Waals surface area contributed by atoms with Crippen LogP contribution in [0, 0.1) is 0 Å². The first kappa shape index (κ1) is 17.7. The standard InChI is InChI=1S/C13H25IN2O2/c1-2-7-12(17)16-11-8-13(18)15-10-6-4-3-5-9-14/h2-11H2,1H3,(H,15,18)(H,16,17). The molecule has 0 rings (SSSR count). The van der Waals surface area contributed by atoms with Crippen LogP contribution in [0.25, 0.3) is 0 Å². The van der Waals surface area contributed by atoms with E-state index in [0.717, 1.165) is 19.4 Å². The number of hydrogen-bond donors (Lipinski definition) is 2. The van der Waals surface area contributed by atoms with Crippen LogP contribution in [0.5, 0.6) is 0 Å². The van der Waals surface area contributed by atoms with Crippen molar-refractivity contribution in [1.82, 2.24) is 10.6 Å². The monoisotopic (exact) mass is 368 g/mol. The maximum atomic E-state index is 11.4. The molecule has 0 aliphatic heterocycles. The van der Waals surface area contributed by atoms with Crippen LogP contribution in [0.4, 0.5) is 0 Å². The molecule has 0 fully saturated rings. The highest BCUT2D eigenvalue weighted by molar-refractivity contribution is 14.1. The third-order valence-corrected chi connectivity index (χ3v) is 3.30. The molecule has 0 saturated carbocycles. The van der Waals surface area contributed by atoms with Gasteiger partial charge in [-0.05, 0) is 23.7 Å². The topological polar surface area (TPSA) is 58.2 Å². The predicted molar refractivity (Wildman–Crippen MR) is 82.9 cm³/mol. The van der Waals surface area contributed by atoms with E-state index in [4.69, 9.17) is 0 Å². The lowest BCUT2D eigenvalue weighted by Crippen LogP contribution is -2.31. The fraction of sp³-hybridized carbons (Fsp3) is 0.846. The second kappa shape index (κ2) is 13.1. The average Bonchev–Trinajstić information content (AvgIpc) is 2.34. The number of nitrogens with one attached hydrogen (secondary N) is 2. The minimum absolute atomic E-state index is 0.0284. The maximum absolute atomic E-state index is 11.4. The van der Waals surface area contributed by atoms with E-state index in [2.05, 4.69) is 33.2 Å². The molecule has 0 bridgehead atoms. The molecule has 0 aliphatic rings. The van der Waals surface area contributed by atoms with Crippen molar-refractivity contribution in [1.29, 1.82) is 0 Å². The Labute approximate surface area is 124 Å². The van der Waals surface area contributed by atoms with E-state index < -0.39 is 0 Å². The molecule has 0 spiro atoms. The van der Waals surface area contributed by atoms with Gasteiger partial charge in [0.25, 0.3) is 0 Å². The van der Waals surface area contributed by atoms with Gasteiger partial charge in [-0.3, -0.25) is 9.59 Å². The fourth-order valence-electron chi connectivity index (χ4n) is 1.52. The summed E-state index contributed by atoms with van der Waals surface area (Å²) in [5, 5.41) is 5.61. The van der Waals surface area contributed by atoms with Crippen LogP contribution in [0.3, 0.4) is 0 Å². The molecule has 0 heterocycles. The van der Waals surface area contributed by atoms with Gasteiger partial charge in [-0.15, -0.1) is 0 Å². The zero-order valence-corrected chi connectivity index (χ0v) is 13.4. The molecule has 106 valence electrons. The van der Waals surface area contributed by atoms with Crippen LogP contribution in [0.1, 0.15) is 51.9 Å². The van der Waals surface area contributed by atoms with Crippen molar-refractivity contribution in [2.45, 2.75) is 51.9 Å². The summed E-state index contributed by atoms with van der Waals surface area (Å²) < 4.78 is 1.21. The lowest BCUT2D eigenvalue weighted by atomic mass is 10.2. The number of alkyl halides is 1. The summed E-state index contributed by atoms with van der Waals surface area (Å²) in [6.45, 7) is 3.16. The molecule has 0 aromatic rings. The van der Waals surface area contributed by atoms with Gasteiger partial charge in [0.15, 0.2) is 0 Å². The summed E-state index contributed by atoms with van der Waals surface area (Å²) in [4.78, 5) is 22.5. The molecule has 4 nitrogen and oxygen atoms in total. The second-order valence-electron chi connectivity index (χ2n) is 4.30. The maximum Gasteiger partial charge on any atom is 0.221 e. The number of amides is 2. The van der Waals surface area contributed by atoms with E-state index in [-0.39, 0.29) is 11.8 Å². The van der Waals surface area contributed by atoms with Gasteiger partial charge >= 0.3 is 0 Å². The number of unbranched alkanes of at least 4 members (excludes halogenated alkanes) is 3. The van der Waals surface area contributed by atoms with Crippen LogP contribution in [-0.2, 0) is 9.59 Å². The SMILES string of the molecule is CCCC(=O)NCCC(=O)NCCCCCCI. The van der Waals surface area contributed by atoms with Crippen LogP contribution in [-0.4, -0.2) is 29.3 Å². The predicted octanol–water partition coefficient (Wildman–Crippen LogP) is 2.40. The van der Waals surface area contributed by atoms with Gasteiger partial charge in [0.1, 0.15) is 0 Å². The lowest BCUT2D eigenvalue weighted by molar-refractivity contribution is -0.122. The number of carbonyl (C=O) groups excluding carboxylic acids is 2. The van der Waals surface area contributed by atoms with E-state index in [1.54, 1.807) is 0 Å². The number of rotatable bonds is 11. The molecule has 0 radical (unpaired) electrons. The van der Waals surface area contributed by atoms with Crippen molar-refractivity contribution in [3.63, 3.8) is 0 Å². The zero-order chi connectivity index (χ0) is 13.6. The molecule has 0 aromatic heterocycles. The van der Waals surface area contributed by atoms with E-state index in [9.17, 15) is 9.59 Å². The summed E-state index contributed by atoms with van der Waals surface area (Å²) in [7, 11) is 0. The Bertz CT molecular complexity index is 235. The van der Waals surface area contributed by atoms with Gasteiger partial charge in [0.05, 0.1) is 0 Å². The number of hydrogen-bond acceptors (Lipinski definition) is 2. The van der Waals surface area contributed by atoms with E-state index in [1.165, 1.54) is 23.7 Å². The minimum atomic E-state index is 0.0284. The Hall–Kier alpha value is -0.330. The molecule has 0 unspecified atom stereocenters. The van der Waals surface area contributed by atoms with Crippen molar-refractivity contribution in [2.24, 2.45) is 0 Å². The summed E-state index contributed by atoms with van der Waals surface area (Å²) in [6.07, 6.45) is 6.49. The molecule has 5 heteroatoms. The van der Waals surface area contributed by atoms with Gasteiger partial charge in [0.2, 0.25) is 11.8 Å². The number of halogens is 1. The Morgan fingerprint density at radius 3 is 2.17 bits per heavy atom. The smallest absolute Gasteiger partial charge is 0.221 e. The van der Waals surface area contributed by atoms with Gasteiger partial charge in [-0.2, -0.15) is 0 Å². The summed E-state index contributed by atoms with van der Waals surface area (Å²) in [5.41, 5.74) is 0. The molecular formula is C13H25IN2O2. The van der Waals surface area contributed by atoms with Crippen molar-refractivity contribution in [3.05, 3.63) is 0 Å². The third-order valence-electron chi connectivity index (χ3n) is 2.53. The summed E-state index contributed by atoms with van der Waals surface area (Å²) >= 11 is 2.38. The Morgan fingerprint density at radius 2 is 1.50 bits per heavy atom. The molecule has 0 aliphatic carbocycles. The Balaban J connectivity index is 3.30. The Kier molecular flexibility index (Phi) is 12.9. The van der Waals surface area contributed by atoms with Gasteiger partial charge in [-0.25, -0.2) is 0 Å². The molecule has 18 heavy (non-hydrogen) atoms. The van der Waals surface area contributed by atoms with Crippen LogP contribution in [0.2, 0.25) is 0 Å². The molecular weight excluding hydrogens is 343 g/mol. The quantitative estimate of drug-likeness (QED) is 0.334. The van der Waals surface area contributed by atoms with Crippen LogP contribution < -0.4 is 10.6 Å². The molecule has 0 saturated heterocycles. The lowest BCUT2D eigenvalue weighted by Gasteiger charge is -2.06. The summed E-state index contributed by atoms with van der Waals surface area (Å²) in [6, 6.07) is 0. The fourth-order valence-corrected chi connectivity index (χ4v) is 2.06. The molecule has 0 atom stereocenters. The van der Waals surface area contributed by atoms with E-state index in [0.29, 0.717) is 19.4 Å².